The van der Waals surface area contributed by atoms with Gasteiger partial charge in [0.25, 0.3) is 0 Å². The van der Waals surface area contributed by atoms with Crippen molar-refractivity contribution in [3.63, 3.8) is 0 Å². The second-order valence-electron chi connectivity index (χ2n) is 0.447. The average molecular weight is 172 g/mol. The predicted octanol–water partition coefficient (Wildman–Crippen LogP) is -3.65. The van der Waals surface area contributed by atoms with Crippen molar-refractivity contribution in [1.82, 2.24) is 0 Å². The molecule has 0 atom stereocenters. The van der Waals surface area contributed by atoms with Gasteiger partial charge in [-0.2, -0.15) is 7.82 Å². The first kappa shape index (κ1) is 15.6. The van der Waals surface area contributed by atoms with Gasteiger partial charge < -0.3 is 24.7 Å². The maximum atomic E-state index is 8.55. The van der Waals surface area contributed by atoms with Crippen molar-refractivity contribution >= 4 is 7.82 Å². The van der Waals surface area contributed by atoms with Crippen LogP contribution in [-0.4, -0.2) is 5.48 Å². The van der Waals surface area contributed by atoms with Crippen LogP contribution in [0.1, 0.15) is 0 Å². The number of rotatable bonds is 0. The van der Waals surface area contributed by atoms with E-state index in [-0.39, 0.29) is 22.3 Å². The maximum absolute atomic E-state index is 8.55. The van der Waals surface area contributed by atoms with Gasteiger partial charge in [-0.25, -0.2) is 0 Å². The molecule has 0 fully saturated rings. The van der Waals surface area contributed by atoms with Crippen LogP contribution in [0.2, 0.25) is 0 Å². The molecule has 0 aromatic rings. The molecule has 7 heteroatoms. The van der Waals surface area contributed by atoms with Gasteiger partial charge >= 0.3 is 16.8 Å². The Bertz CT molecular complexity index is 54.2. The van der Waals surface area contributed by atoms with E-state index in [1.165, 1.54) is 0 Å². The molecule has 0 spiro atoms. The summed E-state index contributed by atoms with van der Waals surface area (Å²) in [5.74, 6) is 0. The van der Waals surface area contributed by atoms with Crippen molar-refractivity contribution < 1.29 is 41.5 Å². The van der Waals surface area contributed by atoms with Crippen LogP contribution in [-0.2, 0) is 21.3 Å². The van der Waals surface area contributed by atoms with Crippen LogP contribution in [0.3, 0.4) is 0 Å². The van der Waals surface area contributed by atoms with Crippen LogP contribution in [0.4, 0.5) is 0 Å². The third-order valence-electron chi connectivity index (χ3n) is 0. The van der Waals surface area contributed by atoms with E-state index in [2.05, 4.69) is 0 Å². The van der Waals surface area contributed by atoms with E-state index in [9.17, 15) is 0 Å². The Morgan fingerprint density at radius 1 is 1.14 bits per heavy atom. The fourth-order valence-electron chi connectivity index (χ4n) is 0. The maximum Gasteiger partial charge on any atom is 3.00 e. The van der Waals surface area contributed by atoms with Crippen molar-refractivity contribution in [2.45, 2.75) is 0 Å². The van der Waals surface area contributed by atoms with Crippen molar-refractivity contribution in [2.24, 2.45) is 0 Å². The summed E-state index contributed by atoms with van der Waals surface area (Å²) in [5.41, 5.74) is 0. The molecule has 0 aliphatic rings. The Morgan fingerprint density at radius 3 is 1.14 bits per heavy atom. The Labute approximate surface area is 50.1 Å². The van der Waals surface area contributed by atoms with E-state index in [1.807, 2.05) is 0 Å². The molecule has 0 aromatic heterocycles. The topological polar surface area (TPSA) is 118 Å². The smallest absolute Gasteiger partial charge is 0.822 e. The van der Waals surface area contributed by atoms with E-state index in [1.54, 1.807) is 0 Å². The molecule has 0 aromatic carbocycles. The third-order valence-corrected chi connectivity index (χ3v) is 0. The Balaban J connectivity index is -0.0000000800. The molecule has 0 unspecified atom stereocenters. The van der Waals surface area contributed by atoms with E-state index in [0.717, 1.165) is 0 Å². The van der Waals surface area contributed by atoms with E-state index in [4.69, 9.17) is 19.2 Å². The zero-order chi connectivity index (χ0) is 4.50. The molecule has 0 amide bonds. The van der Waals surface area contributed by atoms with E-state index >= 15 is 0 Å². The zero-order valence-corrected chi connectivity index (χ0v) is 4.85. The second-order valence-corrected chi connectivity index (χ2v) is 1.34. The SMILES string of the molecule is O.O=P([O-])([O-])[O-].[Co+3]. The van der Waals surface area contributed by atoms with Gasteiger partial charge in [-0.05, 0) is 0 Å². The first-order valence-corrected chi connectivity index (χ1v) is 2.19. The summed E-state index contributed by atoms with van der Waals surface area (Å²) in [7, 11) is -5.39. The van der Waals surface area contributed by atoms with Crippen molar-refractivity contribution in [3.05, 3.63) is 0 Å². The zero-order valence-electron chi connectivity index (χ0n) is 2.91. The van der Waals surface area contributed by atoms with Crippen molar-refractivity contribution in [3.8, 4) is 0 Å². The Hall–Kier alpha value is 0.576. The number of hydrogen-bond acceptors (Lipinski definition) is 4. The second kappa shape index (κ2) is 4.73. The number of hydrogen-bond donors (Lipinski definition) is 0. The van der Waals surface area contributed by atoms with Crippen LogP contribution in [0.15, 0.2) is 0 Å². The average Bonchev–Trinajstić information content (AvgIpc) is 0.722. The minimum atomic E-state index is -5.39. The van der Waals surface area contributed by atoms with Crippen LogP contribution >= 0.6 is 7.82 Å². The quantitative estimate of drug-likeness (QED) is 0.350. The van der Waals surface area contributed by atoms with Gasteiger partial charge in [0, 0.05) is 0 Å². The molecule has 0 aliphatic heterocycles. The van der Waals surface area contributed by atoms with Gasteiger partial charge in [-0.15, -0.1) is 0 Å². The molecule has 0 saturated carbocycles. The molecule has 0 bridgehead atoms. The Morgan fingerprint density at radius 2 is 1.14 bits per heavy atom. The van der Waals surface area contributed by atoms with E-state index in [0.29, 0.717) is 0 Å². The number of phosphoric acid groups is 1. The molecule has 0 saturated heterocycles. The van der Waals surface area contributed by atoms with Gasteiger partial charge in [0.1, 0.15) is 0 Å². The standard InChI is InChI=1S/Co.H3O4P.H2O/c;1-5(2,3)4;/h;(H3,1,2,3,4);1H2/q+3;;/p-3. The summed E-state index contributed by atoms with van der Waals surface area (Å²) in [6.07, 6.45) is 0. The largest absolute Gasteiger partial charge is 3.00 e. The summed E-state index contributed by atoms with van der Waals surface area (Å²) < 4.78 is 8.55. The van der Waals surface area contributed by atoms with Crippen LogP contribution in [0, 0.1) is 0 Å². The molecule has 0 rings (SSSR count). The minimum absolute atomic E-state index is 0. The minimum Gasteiger partial charge on any atom is -0.822 e. The summed E-state index contributed by atoms with van der Waals surface area (Å²) in [4.78, 5) is 25.6. The molecule has 7 heavy (non-hydrogen) atoms. The summed E-state index contributed by atoms with van der Waals surface area (Å²) in [6.45, 7) is 0. The van der Waals surface area contributed by atoms with Crippen LogP contribution < -0.4 is 14.7 Å². The van der Waals surface area contributed by atoms with Crippen molar-refractivity contribution in [2.75, 3.05) is 0 Å². The fraction of sp³-hybridized carbons (Fsp3) is 0. The fourth-order valence-corrected chi connectivity index (χ4v) is 0. The van der Waals surface area contributed by atoms with Gasteiger partial charge in [-0.1, -0.05) is 0 Å². The molecule has 0 aliphatic carbocycles. The van der Waals surface area contributed by atoms with Gasteiger partial charge in [0.15, 0.2) is 0 Å². The van der Waals surface area contributed by atoms with Crippen LogP contribution in [0.5, 0.6) is 0 Å². The van der Waals surface area contributed by atoms with E-state index < -0.39 is 7.82 Å². The summed E-state index contributed by atoms with van der Waals surface area (Å²) >= 11 is 0. The molecule has 5 nitrogen and oxygen atoms in total. The predicted molar refractivity (Wildman–Crippen MR) is 11.2 cm³/mol. The molecule has 2 N–H and O–H groups in total. The molecular formula is H2CoO5P. The third kappa shape index (κ3) is 414. The molecule has 46 valence electrons. The molecule has 0 radical (unpaired) electrons. The Kier molecular flexibility index (Phi) is 10.6. The van der Waals surface area contributed by atoms with Crippen LogP contribution in [0.25, 0.3) is 0 Å². The molecule has 0 heterocycles. The molecular weight excluding hydrogens is 170 g/mol. The normalized spacial score (nSPS) is 8.43. The van der Waals surface area contributed by atoms with Gasteiger partial charge in [-0.3, -0.25) is 0 Å². The van der Waals surface area contributed by atoms with Crippen molar-refractivity contribution in [1.29, 1.82) is 0 Å². The summed E-state index contributed by atoms with van der Waals surface area (Å²) in [6, 6.07) is 0. The first-order valence-electron chi connectivity index (χ1n) is 0.730. The van der Waals surface area contributed by atoms with Gasteiger partial charge in [0.05, 0.1) is 0 Å². The van der Waals surface area contributed by atoms with Gasteiger partial charge in [0.2, 0.25) is 0 Å². The monoisotopic (exact) mass is 172 g/mol. The first-order chi connectivity index (χ1) is 2.00. The summed E-state index contributed by atoms with van der Waals surface area (Å²) in [5, 5.41) is 0.